The molecular weight excluding hydrogens is 548 g/mol. The molecule has 1 heterocycles. The van der Waals surface area contributed by atoms with Gasteiger partial charge in [-0.15, -0.1) is 0 Å². The van der Waals surface area contributed by atoms with Crippen molar-refractivity contribution in [2.75, 3.05) is 6.61 Å². The molecule has 2 bridgehead atoms. The summed E-state index contributed by atoms with van der Waals surface area (Å²) in [6.07, 6.45) is -7.27. The summed E-state index contributed by atoms with van der Waals surface area (Å²) < 4.78 is 23.5. The maximum Gasteiger partial charge on any atom is 0.338 e. The van der Waals surface area contributed by atoms with Crippen LogP contribution in [0.2, 0.25) is 0 Å². The van der Waals surface area contributed by atoms with Gasteiger partial charge in [-0.3, -0.25) is 14.4 Å². The van der Waals surface area contributed by atoms with E-state index >= 15 is 0 Å². The first-order valence-corrected chi connectivity index (χ1v) is 14.1. The van der Waals surface area contributed by atoms with Gasteiger partial charge in [0.05, 0.1) is 35.7 Å². The average molecular weight is 587 g/mol. The molecule has 2 saturated carbocycles. The van der Waals surface area contributed by atoms with Crippen LogP contribution in [0.15, 0.2) is 41.5 Å². The van der Waals surface area contributed by atoms with Crippen molar-refractivity contribution < 1.29 is 53.4 Å². The average Bonchev–Trinajstić information content (AvgIpc) is 2.90. The first-order valence-electron chi connectivity index (χ1n) is 14.1. The molecule has 3 fully saturated rings. The smallest absolute Gasteiger partial charge is 0.338 e. The third kappa shape index (κ3) is 4.08. The summed E-state index contributed by atoms with van der Waals surface area (Å²) in [7, 11) is 0. The summed E-state index contributed by atoms with van der Waals surface area (Å²) in [5, 5.41) is 35.8. The van der Waals surface area contributed by atoms with Crippen molar-refractivity contribution in [1.29, 1.82) is 0 Å². The fraction of sp³-hybridized carbons (Fsp3) is 0.613. The topological polar surface area (TPSA) is 166 Å². The van der Waals surface area contributed by atoms with Gasteiger partial charge >= 0.3 is 17.9 Å². The van der Waals surface area contributed by atoms with Crippen LogP contribution in [0.1, 0.15) is 64.7 Å². The Labute approximate surface area is 243 Å². The number of esters is 3. The van der Waals surface area contributed by atoms with Crippen LogP contribution in [0.4, 0.5) is 0 Å². The van der Waals surface area contributed by atoms with Crippen LogP contribution in [-0.2, 0) is 33.3 Å². The van der Waals surface area contributed by atoms with Gasteiger partial charge in [0.15, 0.2) is 17.5 Å². The fourth-order valence-electron chi connectivity index (χ4n) is 7.91. The third-order valence-electron chi connectivity index (χ3n) is 10.2. The maximum atomic E-state index is 14.8. The summed E-state index contributed by atoms with van der Waals surface area (Å²) in [5.74, 6) is -4.41. The highest BCUT2D eigenvalue weighted by Gasteiger charge is 2.78. The minimum Gasteiger partial charge on any atom is -0.455 e. The van der Waals surface area contributed by atoms with E-state index < -0.39 is 82.2 Å². The summed E-state index contributed by atoms with van der Waals surface area (Å²) in [4.78, 5) is 53.4. The molecule has 11 heteroatoms. The van der Waals surface area contributed by atoms with Crippen LogP contribution >= 0.6 is 0 Å². The van der Waals surface area contributed by atoms with Crippen LogP contribution in [0, 0.1) is 16.7 Å². The van der Waals surface area contributed by atoms with E-state index in [0.29, 0.717) is 5.57 Å². The molecule has 4 aliphatic rings. The molecule has 1 aromatic carbocycles. The highest BCUT2D eigenvalue weighted by molar-refractivity contribution is 5.95. The molecule has 1 saturated heterocycles. The normalized spacial score (nSPS) is 40.4. The Morgan fingerprint density at radius 2 is 1.64 bits per heavy atom. The Kier molecular flexibility index (Phi) is 7.20. The van der Waals surface area contributed by atoms with Crippen molar-refractivity contribution in [2.45, 2.75) is 96.1 Å². The third-order valence-corrected chi connectivity index (χ3v) is 10.2. The molecule has 11 nitrogen and oxygen atoms in total. The minimum absolute atomic E-state index is 0.110. The number of carbonyl (C=O) groups is 4. The van der Waals surface area contributed by atoms with E-state index in [1.165, 1.54) is 26.0 Å². The van der Waals surface area contributed by atoms with Gasteiger partial charge in [-0.05, 0) is 37.1 Å². The van der Waals surface area contributed by atoms with Crippen molar-refractivity contribution >= 4 is 23.7 Å². The van der Waals surface area contributed by atoms with Crippen LogP contribution in [-0.4, -0.2) is 87.3 Å². The van der Waals surface area contributed by atoms with Crippen LogP contribution in [0.5, 0.6) is 0 Å². The fourth-order valence-corrected chi connectivity index (χ4v) is 7.91. The van der Waals surface area contributed by atoms with E-state index in [1.807, 2.05) is 0 Å². The zero-order chi connectivity index (χ0) is 31.0. The Balaban J connectivity index is 1.84. The SMILES string of the molecule is CC(=O)O[C@H]1C(=O)[C@@]2(C)[C@H](O)C[C@@H]3OC[C@]3(OC(C)=O)[C@@H]2[C@@H](OC(=O)c2ccccc2)[C@]2(O)C[C@H](O)C(C)=C1C2(C)C. The molecule has 42 heavy (non-hydrogen) atoms. The predicted molar refractivity (Wildman–Crippen MR) is 145 cm³/mol. The number of ether oxygens (including phenoxy) is 4. The van der Waals surface area contributed by atoms with Gasteiger partial charge in [0.25, 0.3) is 0 Å². The lowest BCUT2D eigenvalue weighted by molar-refractivity contribution is -0.345. The van der Waals surface area contributed by atoms with Gasteiger partial charge in [0.1, 0.15) is 17.8 Å². The van der Waals surface area contributed by atoms with Gasteiger partial charge in [-0.2, -0.15) is 0 Å². The summed E-state index contributed by atoms with van der Waals surface area (Å²) in [5.41, 5.74) is -6.38. The first-order chi connectivity index (χ1) is 19.5. The monoisotopic (exact) mass is 586 g/mol. The van der Waals surface area contributed by atoms with Crippen LogP contribution in [0.3, 0.4) is 0 Å². The zero-order valence-electron chi connectivity index (χ0n) is 24.6. The number of Topliss-reactive ketones (excluding diaryl/α,β-unsaturated/α-hetero) is 1. The Morgan fingerprint density at radius 1 is 1.00 bits per heavy atom. The molecule has 1 aromatic rings. The van der Waals surface area contributed by atoms with Crippen molar-refractivity contribution in [1.82, 2.24) is 0 Å². The van der Waals surface area contributed by atoms with E-state index in [-0.39, 0.29) is 30.6 Å². The second kappa shape index (κ2) is 9.97. The predicted octanol–water partition coefficient (Wildman–Crippen LogP) is 1.65. The van der Waals surface area contributed by atoms with Crippen LogP contribution < -0.4 is 0 Å². The van der Waals surface area contributed by atoms with Gasteiger partial charge < -0.3 is 34.3 Å². The highest BCUT2D eigenvalue weighted by atomic mass is 16.6. The summed E-state index contributed by atoms with van der Waals surface area (Å²) in [6, 6.07) is 8.05. The summed E-state index contributed by atoms with van der Waals surface area (Å²) >= 11 is 0. The van der Waals surface area contributed by atoms with Crippen molar-refractivity contribution in [2.24, 2.45) is 16.7 Å². The number of carbonyl (C=O) groups excluding carboxylic acids is 4. The molecule has 9 atom stereocenters. The molecule has 0 aromatic heterocycles. The van der Waals surface area contributed by atoms with Crippen molar-refractivity contribution in [3.05, 3.63) is 47.0 Å². The van der Waals surface area contributed by atoms with E-state index in [0.717, 1.165) is 6.92 Å². The maximum absolute atomic E-state index is 14.8. The molecular formula is C31H38O11. The van der Waals surface area contributed by atoms with E-state index in [4.69, 9.17) is 18.9 Å². The molecule has 228 valence electrons. The second-order valence-electron chi connectivity index (χ2n) is 12.8. The molecule has 0 amide bonds. The minimum atomic E-state index is -2.11. The number of hydrogen-bond donors (Lipinski definition) is 3. The number of aliphatic hydroxyl groups excluding tert-OH is 2. The number of rotatable bonds is 4. The van der Waals surface area contributed by atoms with E-state index in [1.54, 1.807) is 39.0 Å². The quantitative estimate of drug-likeness (QED) is 0.267. The van der Waals surface area contributed by atoms with E-state index in [2.05, 4.69) is 0 Å². The number of benzene rings is 1. The molecule has 0 unspecified atom stereocenters. The number of hydrogen-bond acceptors (Lipinski definition) is 11. The Hall–Kier alpha value is -3.12. The van der Waals surface area contributed by atoms with Crippen LogP contribution in [0.25, 0.3) is 0 Å². The molecule has 3 aliphatic carbocycles. The van der Waals surface area contributed by atoms with Gasteiger partial charge in [-0.25, -0.2) is 4.79 Å². The molecule has 0 spiro atoms. The van der Waals surface area contributed by atoms with Crippen molar-refractivity contribution in [3.63, 3.8) is 0 Å². The lowest BCUT2D eigenvalue weighted by Gasteiger charge is -2.67. The summed E-state index contributed by atoms with van der Waals surface area (Å²) in [6.45, 7) is 8.42. The molecule has 0 radical (unpaired) electrons. The standard InChI is InChI=1S/C31H38O11/c1-15-19(34)13-31(38)26(41-27(37)18-10-8-7-9-11-18)24-29(6,20(35)12-21-30(24,14-39-21)42-17(3)33)25(36)23(40-16(2)32)22(15)28(31,4)5/h7-11,19-21,23-24,26,34-35,38H,12-14H2,1-6H3/t19-,20+,21-,23+,24+,26+,29-,30+,31+/m0/s1. The second-order valence-corrected chi connectivity index (χ2v) is 12.8. The van der Waals surface area contributed by atoms with E-state index in [9.17, 15) is 34.5 Å². The largest absolute Gasteiger partial charge is 0.455 e. The zero-order valence-corrected chi connectivity index (χ0v) is 24.6. The number of ketones is 1. The Morgan fingerprint density at radius 3 is 2.19 bits per heavy atom. The first kappa shape index (κ1) is 30.3. The van der Waals surface area contributed by atoms with Gasteiger partial charge in [0, 0.05) is 32.1 Å². The molecule has 5 rings (SSSR count). The Bertz CT molecular complexity index is 1350. The number of fused-ring (bicyclic) bond motifs is 5. The number of aliphatic hydroxyl groups is 3. The highest BCUT2D eigenvalue weighted by Crippen LogP contribution is 2.64. The lowest BCUT2D eigenvalue weighted by atomic mass is 9.44. The lowest BCUT2D eigenvalue weighted by Crippen LogP contribution is -2.81. The van der Waals surface area contributed by atoms with Gasteiger partial charge in [0.2, 0.25) is 0 Å². The van der Waals surface area contributed by atoms with Gasteiger partial charge in [-0.1, -0.05) is 32.0 Å². The molecule has 1 aliphatic heterocycles. The van der Waals surface area contributed by atoms with Crippen molar-refractivity contribution in [3.8, 4) is 0 Å². The molecule has 3 N–H and O–H groups in total.